The summed E-state index contributed by atoms with van der Waals surface area (Å²) in [4.78, 5) is 22.8. The standard InChI is InChI=1S/C30H33N3O3/c1-36-25-8-4-23(5-9-25)27-18-31-29(33-28(35)13-19-2-6-24(34)7-3-19)26(32-27)17-30-14-20-10-21(15-30)12-22(11-20)16-30/h2-9,18,20-22,34H,10-17H2,1H3,(H,31,33,35). The van der Waals surface area contributed by atoms with Crippen LogP contribution in [0.2, 0.25) is 0 Å². The van der Waals surface area contributed by atoms with E-state index in [2.05, 4.69) is 5.32 Å². The summed E-state index contributed by atoms with van der Waals surface area (Å²) in [5.74, 6) is 3.99. The van der Waals surface area contributed by atoms with Gasteiger partial charge in [0.2, 0.25) is 5.91 Å². The maximum Gasteiger partial charge on any atom is 0.229 e. The van der Waals surface area contributed by atoms with Crippen LogP contribution in [0.3, 0.4) is 0 Å². The number of nitrogens with zero attached hydrogens (tertiary/aromatic N) is 2. The zero-order valence-corrected chi connectivity index (χ0v) is 20.7. The summed E-state index contributed by atoms with van der Waals surface area (Å²) < 4.78 is 5.31. The molecule has 186 valence electrons. The highest BCUT2D eigenvalue weighted by Crippen LogP contribution is 2.61. The molecular formula is C30H33N3O3. The molecule has 1 heterocycles. The average Bonchev–Trinajstić information content (AvgIpc) is 2.85. The van der Waals surface area contributed by atoms with E-state index in [9.17, 15) is 9.90 Å². The predicted molar refractivity (Wildman–Crippen MR) is 139 cm³/mol. The monoisotopic (exact) mass is 483 g/mol. The average molecular weight is 484 g/mol. The third kappa shape index (κ3) is 4.69. The van der Waals surface area contributed by atoms with Crippen LogP contribution in [0.4, 0.5) is 5.82 Å². The van der Waals surface area contributed by atoms with E-state index < -0.39 is 0 Å². The third-order valence-electron chi connectivity index (χ3n) is 8.50. The van der Waals surface area contributed by atoms with Gasteiger partial charge in [0.15, 0.2) is 5.82 Å². The minimum Gasteiger partial charge on any atom is -0.508 e. The fourth-order valence-electron chi connectivity index (χ4n) is 7.39. The first-order chi connectivity index (χ1) is 17.5. The Morgan fingerprint density at radius 3 is 2.25 bits per heavy atom. The van der Waals surface area contributed by atoms with Crippen LogP contribution in [0.25, 0.3) is 11.3 Å². The van der Waals surface area contributed by atoms with E-state index in [0.717, 1.165) is 52.4 Å². The quantitative estimate of drug-likeness (QED) is 0.444. The number of rotatable bonds is 7. The second kappa shape index (κ2) is 9.23. The number of carbonyl (C=O) groups is 1. The molecule has 0 radical (unpaired) electrons. The highest BCUT2D eigenvalue weighted by molar-refractivity contribution is 5.92. The Hall–Kier alpha value is -3.41. The molecule has 4 aliphatic carbocycles. The molecule has 7 rings (SSSR count). The summed E-state index contributed by atoms with van der Waals surface area (Å²) >= 11 is 0. The van der Waals surface area contributed by atoms with Gasteiger partial charge < -0.3 is 15.2 Å². The molecule has 36 heavy (non-hydrogen) atoms. The maximum atomic E-state index is 13.0. The van der Waals surface area contributed by atoms with Crippen LogP contribution in [0.1, 0.15) is 49.8 Å². The number of hydrogen-bond donors (Lipinski definition) is 2. The molecule has 2 N–H and O–H groups in total. The number of benzene rings is 2. The number of phenolic OH excluding ortho intramolecular Hbond substituents is 1. The van der Waals surface area contributed by atoms with Crippen molar-refractivity contribution < 1.29 is 14.6 Å². The van der Waals surface area contributed by atoms with E-state index in [1.807, 2.05) is 24.3 Å². The Balaban J connectivity index is 1.29. The molecule has 0 spiro atoms. The van der Waals surface area contributed by atoms with Crippen molar-refractivity contribution >= 4 is 11.7 Å². The van der Waals surface area contributed by atoms with Crippen molar-refractivity contribution in [3.05, 3.63) is 66.0 Å². The van der Waals surface area contributed by atoms with Crippen LogP contribution in [0.15, 0.2) is 54.7 Å². The van der Waals surface area contributed by atoms with Gasteiger partial charge in [-0.05, 0) is 110 Å². The van der Waals surface area contributed by atoms with Gasteiger partial charge in [-0.15, -0.1) is 0 Å². The Bertz CT molecular complexity index is 1220. The van der Waals surface area contributed by atoms with E-state index in [4.69, 9.17) is 14.7 Å². The fraction of sp³-hybridized carbons (Fsp3) is 0.433. The molecule has 0 saturated heterocycles. The molecule has 3 aromatic rings. The molecule has 4 aliphatic rings. The van der Waals surface area contributed by atoms with Gasteiger partial charge in [0, 0.05) is 5.56 Å². The Morgan fingerprint density at radius 2 is 1.64 bits per heavy atom. The number of ether oxygens (including phenoxy) is 1. The number of methoxy groups -OCH3 is 1. The van der Waals surface area contributed by atoms with Crippen molar-refractivity contribution in [2.24, 2.45) is 23.2 Å². The lowest BCUT2D eigenvalue weighted by atomic mass is 9.48. The fourth-order valence-corrected chi connectivity index (χ4v) is 7.39. The predicted octanol–water partition coefficient (Wildman–Crippen LogP) is 5.80. The Labute approximate surface area is 212 Å². The molecule has 4 bridgehead atoms. The summed E-state index contributed by atoms with van der Waals surface area (Å²) in [7, 11) is 1.66. The normalized spacial score (nSPS) is 26.1. The van der Waals surface area contributed by atoms with Crippen LogP contribution in [-0.2, 0) is 17.6 Å². The molecular weight excluding hydrogens is 450 g/mol. The van der Waals surface area contributed by atoms with Gasteiger partial charge in [0.25, 0.3) is 0 Å². The third-order valence-corrected chi connectivity index (χ3v) is 8.50. The molecule has 6 heteroatoms. The number of phenols is 1. The highest BCUT2D eigenvalue weighted by Gasteiger charge is 2.51. The SMILES string of the molecule is COc1ccc(-c2cnc(NC(=O)Cc3ccc(O)cc3)c(CC34CC5CC(CC(C5)C3)C4)n2)cc1. The minimum atomic E-state index is -0.126. The van der Waals surface area contributed by atoms with Crippen LogP contribution in [0.5, 0.6) is 11.5 Å². The number of anilines is 1. The van der Waals surface area contributed by atoms with Crippen LogP contribution in [-0.4, -0.2) is 28.1 Å². The van der Waals surface area contributed by atoms with Crippen molar-refractivity contribution in [2.75, 3.05) is 12.4 Å². The second-order valence-corrected chi connectivity index (χ2v) is 11.3. The van der Waals surface area contributed by atoms with Gasteiger partial charge in [-0.1, -0.05) is 12.1 Å². The van der Waals surface area contributed by atoms with Gasteiger partial charge in [-0.25, -0.2) is 9.97 Å². The van der Waals surface area contributed by atoms with E-state index in [0.29, 0.717) is 5.82 Å². The van der Waals surface area contributed by atoms with Gasteiger partial charge in [-0.3, -0.25) is 4.79 Å². The number of hydrogen-bond acceptors (Lipinski definition) is 5. The number of aromatic hydroxyl groups is 1. The first kappa shape index (κ1) is 23.0. The van der Waals surface area contributed by atoms with Crippen LogP contribution < -0.4 is 10.1 Å². The second-order valence-electron chi connectivity index (χ2n) is 11.3. The number of nitrogens with one attached hydrogen (secondary N) is 1. The lowest BCUT2D eigenvalue weighted by Gasteiger charge is -2.57. The lowest BCUT2D eigenvalue weighted by molar-refractivity contribution is -0.115. The molecule has 4 saturated carbocycles. The zero-order chi connectivity index (χ0) is 24.7. The molecule has 1 amide bonds. The Kier molecular flexibility index (Phi) is 5.90. The minimum absolute atomic E-state index is 0.126. The summed E-state index contributed by atoms with van der Waals surface area (Å²) in [6, 6.07) is 14.6. The molecule has 0 atom stereocenters. The first-order valence-electron chi connectivity index (χ1n) is 13.0. The van der Waals surface area contributed by atoms with E-state index in [-0.39, 0.29) is 23.5 Å². The Morgan fingerprint density at radius 1 is 1.00 bits per heavy atom. The zero-order valence-electron chi connectivity index (χ0n) is 20.7. The van der Waals surface area contributed by atoms with Gasteiger partial charge in [0.05, 0.1) is 31.1 Å². The summed E-state index contributed by atoms with van der Waals surface area (Å²) in [5.41, 5.74) is 3.81. The first-order valence-corrected chi connectivity index (χ1v) is 13.0. The number of aromatic nitrogens is 2. The number of carbonyl (C=O) groups excluding carboxylic acids is 1. The molecule has 0 unspecified atom stereocenters. The molecule has 4 fully saturated rings. The van der Waals surface area contributed by atoms with Crippen LogP contribution in [0, 0.1) is 23.2 Å². The van der Waals surface area contributed by atoms with Gasteiger partial charge in [-0.2, -0.15) is 0 Å². The molecule has 2 aromatic carbocycles. The lowest BCUT2D eigenvalue weighted by Crippen LogP contribution is -2.47. The van der Waals surface area contributed by atoms with Crippen molar-refractivity contribution in [3.8, 4) is 22.8 Å². The van der Waals surface area contributed by atoms with E-state index >= 15 is 0 Å². The summed E-state index contributed by atoms with van der Waals surface area (Å²) in [6.07, 6.45) is 10.8. The van der Waals surface area contributed by atoms with Crippen LogP contribution >= 0.6 is 0 Å². The molecule has 6 nitrogen and oxygen atoms in total. The molecule has 1 aromatic heterocycles. The summed E-state index contributed by atoms with van der Waals surface area (Å²) in [5, 5.41) is 12.6. The maximum absolute atomic E-state index is 13.0. The van der Waals surface area contributed by atoms with Crippen molar-refractivity contribution in [2.45, 2.75) is 51.4 Å². The smallest absolute Gasteiger partial charge is 0.229 e. The van der Waals surface area contributed by atoms with E-state index in [1.165, 1.54) is 38.5 Å². The van der Waals surface area contributed by atoms with Crippen molar-refractivity contribution in [3.63, 3.8) is 0 Å². The van der Waals surface area contributed by atoms with Crippen molar-refractivity contribution in [1.29, 1.82) is 0 Å². The van der Waals surface area contributed by atoms with Crippen molar-refractivity contribution in [1.82, 2.24) is 9.97 Å². The van der Waals surface area contributed by atoms with Gasteiger partial charge in [0.1, 0.15) is 11.5 Å². The highest BCUT2D eigenvalue weighted by atomic mass is 16.5. The molecule has 0 aliphatic heterocycles. The summed E-state index contributed by atoms with van der Waals surface area (Å²) in [6.45, 7) is 0. The topological polar surface area (TPSA) is 84.3 Å². The largest absolute Gasteiger partial charge is 0.508 e. The van der Waals surface area contributed by atoms with Gasteiger partial charge >= 0.3 is 0 Å². The van der Waals surface area contributed by atoms with E-state index in [1.54, 1.807) is 37.6 Å². The number of amides is 1.